The van der Waals surface area contributed by atoms with Gasteiger partial charge >= 0.3 is 0 Å². The highest BCUT2D eigenvalue weighted by molar-refractivity contribution is 5.47. The van der Waals surface area contributed by atoms with Crippen molar-refractivity contribution in [1.82, 2.24) is 4.98 Å². The fourth-order valence-electron chi connectivity index (χ4n) is 1.46. The normalized spacial score (nSPS) is 10.4. The first-order valence-corrected chi connectivity index (χ1v) is 5.55. The average Bonchev–Trinajstić information content (AvgIpc) is 2.84. The van der Waals surface area contributed by atoms with Crippen LogP contribution in [-0.2, 0) is 6.54 Å². The molecule has 6 heteroatoms. The number of pyridine rings is 1. The molecule has 0 amide bonds. The van der Waals surface area contributed by atoms with Crippen LogP contribution in [-0.4, -0.2) is 11.5 Å². The van der Waals surface area contributed by atoms with E-state index in [0.29, 0.717) is 13.1 Å². The highest BCUT2D eigenvalue weighted by Gasteiger charge is 2.11. The number of aromatic nitrogens is 1. The second-order valence-electron chi connectivity index (χ2n) is 3.66. The van der Waals surface area contributed by atoms with Gasteiger partial charge in [-0.2, -0.15) is 0 Å². The fraction of sp³-hybridized carbons (Fsp3) is 0.250. The summed E-state index contributed by atoms with van der Waals surface area (Å²) in [6.45, 7) is 2.68. The highest BCUT2D eigenvalue weighted by atomic mass is 19.1. The van der Waals surface area contributed by atoms with Crippen molar-refractivity contribution in [2.75, 3.05) is 17.2 Å². The van der Waals surface area contributed by atoms with Crippen molar-refractivity contribution in [1.29, 1.82) is 0 Å². The summed E-state index contributed by atoms with van der Waals surface area (Å²) >= 11 is 0. The van der Waals surface area contributed by atoms with Crippen LogP contribution >= 0.6 is 0 Å². The van der Waals surface area contributed by atoms with Crippen LogP contribution in [0.3, 0.4) is 0 Å². The molecule has 2 rings (SSSR count). The number of nitrogens with zero attached hydrogens (tertiary/aromatic N) is 1. The lowest BCUT2D eigenvalue weighted by Crippen LogP contribution is -2.08. The topological polar surface area (TPSA) is 50.1 Å². The summed E-state index contributed by atoms with van der Waals surface area (Å²) in [7, 11) is 0. The van der Waals surface area contributed by atoms with E-state index in [9.17, 15) is 8.78 Å². The standard InChI is InChI=1S/C12H13F2N3O/c1-2-15-11-9(13)5-10(14)12(17-11)16-6-8-3-4-18-7-8/h3-5,7H,2,6H2,1H3,(H2,15,16,17). The molecule has 0 aromatic carbocycles. The number of nitrogens with one attached hydrogen (secondary N) is 2. The summed E-state index contributed by atoms with van der Waals surface area (Å²) < 4.78 is 31.7. The van der Waals surface area contributed by atoms with E-state index >= 15 is 0 Å². The molecule has 0 unspecified atom stereocenters. The second kappa shape index (κ2) is 5.48. The van der Waals surface area contributed by atoms with Crippen molar-refractivity contribution < 1.29 is 13.2 Å². The largest absolute Gasteiger partial charge is 0.472 e. The van der Waals surface area contributed by atoms with Gasteiger partial charge < -0.3 is 15.1 Å². The van der Waals surface area contributed by atoms with E-state index in [1.165, 1.54) is 6.26 Å². The average molecular weight is 253 g/mol. The molecule has 0 fully saturated rings. The number of anilines is 2. The molecule has 0 saturated carbocycles. The molecule has 18 heavy (non-hydrogen) atoms. The first-order valence-electron chi connectivity index (χ1n) is 5.55. The molecule has 0 aliphatic heterocycles. The van der Waals surface area contributed by atoms with E-state index in [4.69, 9.17) is 4.42 Å². The molecule has 2 aromatic rings. The van der Waals surface area contributed by atoms with Gasteiger partial charge in [0.05, 0.1) is 12.5 Å². The third kappa shape index (κ3) is 2.77. The zero-order valence-corrected chi connectivity index (χ0v) is 9.84. The third-order valence-corrected chi connectivity index (χ3v) is 2.31. The van der Waals surface area contributed by atoms with Crippen molar-refractivity contribution in [2.45, 2.75) is 13.5 Å². The molecule has 4 nitrogen and oxygen atoms in total. The van der Waals surface area contributed by atoms with Gasteiger partial charge in [0.25, 0.3) is 0 Å². The first kappa shape index (κ1) is 12.3. The lowest BCUT2D eigenvalue weighted by Gasteiger charge is -2.09. The maximum atomic E-state index is 13.5. The van der Waals surface area contributed by atoms with Crippen molar-refractivity contribution in [3.63, 3.8) is 0 Å². The Morgan fingerprint density at radius 3 is 2.56 bits per heavy atom. The summed E-state index contributed by atoms with van der Waals surface area (Å²) in [5.74, 6) is -1.39. The van der Waals surface area contributed by atoms with E-state index in [1.807, 2.05) is 6.92 Å². The highest BCUT2D eigenvalue weighted by Crippen LogP contribution is 2.19. The predicted octanol–water partition coefficient (Wildman–Crippen LogP) is 3.00. The molecule has 96 valence electrons. The first-order chi connectivity index (χ1) is 8.70. The molecule has 0 aliphatic carbocycles. The van der Waals surface area contributed by atoms with Crippen LogP contribution < -0.4 is 10.6 Å². The van der Waals surface area contributed by atoms with E-state index < -0.39 is 11.6 Å². The number of halogens is 2. The van der Waals surface area contributed by atoms with Crippen LogP contribution in [0.15, 0.2) is 29.1 Å². The van der Waals surface area contributed by atoms with Crippen LogP contribution in [0.2, 0.25) is 0 Å². The SMILES string of the molecule is CCNc1nc(NCc2ccoc2)c(F)cc1F. The molecule has 0 atom stereocenters. The Balaban J connectivity index is 2.13. The fourth-order valence-corrected chi connectivity index (χ4v) is 1.46. The van der Waals surface area contributed by atoms with Gasteiger partial charge in [0.2, 0.25) is 0 Å². The van der Waals surface area contributed by atoms with E-state index in [0.717, 1.165) is 11.6 Å². The lowest BCUT2D eigenvalue weighted by atomic mass is 10.3. The number of rotatable bonds is 5. The Kier molecular flexibility index (Phi) is 3.76. The van der Waals surface area contributed by atoms with Crippen LogP contribution in [0.25, 0.3) is 0 Å². The van der Waals surface area contributed by atoms with Gasteiger partial charge in [0.15, 0.2) is 23.3 Å². The summed E-state index contributed by atoms with van der Waals surface area (Å²) in [5, 5.41) is 5.51. The molecule has 2 N–H and O–H groups in total. The smallest absolute Gasteiger partial charge is 0.168 e. The lowest BCUT2D eigenvalue weighted by molar-refractivity contribution is 0.564. The summed E-state index contributed by atoms with van der Waals surface area (Å²) in [6.07, 6.45) is 3.06. The van der Waals surface area contributed by atoms with Gasteiger partial charge in [0, 0.05) is 24.7 Å². The van der Waals surface area contributed by atoms with Crippen molar-refractivity contribution in [3.8, 4) is 0 Å². The van der Waals surface area contributed by atoms with E-state index in [1.54, 1.807) is 12.3 Å². The Morgan fingerprint density at radius 2 is 1.94 bits per heavy atom. The minimum absolute atomic E-state index is 0.00792. The Labute approximate surface area is 103 Å². The predicted molar refractivity (Wildman–Crippen MR) is 64.4 cm³/mol. The third-order valence-electron chi connectivity index (χ3n) is 2.31. The van der Waals surface area contributed by atoms with Gasteiger partial charge in [0.1, 0.15) is 0 Å². The number of hydrogen-bond acceptors (Lipinski definition) is 4. The van der Waals surface area contributed by atoms with Crippen LogP contribution in [0.1, 0.15) is 12.5 Å². The van der Waals surface area contributed by atoms with Gasteiger partial charge in [-0.15, -0.1) is 0 Å². The zero-order valence-electron chi connectivity index (χ0n) is 9.84. The van der Waals surface area contributed by atoms with Crippen molar-refractivity contribution >= 4 is 11.6 Å². The van der Waals surface area contributed by atoms with Gasteiger partial charge in [-0.25, -0.2) is 13.8 Å². The van der Waals surface area contributed by atoms with Gasteiger partial charge in [-0.05, 0) is 13.0 Å². The molecule has 2 heterocycles. The van der Waals surface area contributed by atoms with Crippen LogP contribution in [0.4, 0.5) is 20.4 Å². The molecule has 0 radical (unpaired) electrons. The Hall–Kier alpha value is -2.11. The molecule has 0 spiro atoms. The molecular weight excluding hydrogens is 240 g/mol. The van der Waals surface area contributed by atoms with Gasteiger partial charge in [-0.3, -0.25) is 0 Å². The quantitative estimate of drug-likeness (QED) is 0.860. The Bertz CT molecular complexity index is 514. The molecular formula is C12H13F2N3O. The van der Waals surface area contributed by atoms with Crippen LogP contribution in [0.5, 0.6) is 0 Å². The van der Waals surface area contributed by atoms with Gasteiger partial charge in [-0.1, -0.05) is 0 Å². The molecule has 0 bridgehead atoms. The minimum atomic E-state index is -0.724. The summed E-state index contributed by atoms with van der Waals surface area (Å²) in [5.41, 5.74) is 0.852. The van der Waals surface area contributed by atoms with Crippen molar-refractivity contribution in [3.05, 3.63) is 41.9 Å². The molecule has 0 saturated heterocycles. The molecule has 0 aliphatic rings. The Morgan fingerprint density at radius 1 is 1.22 bits per heavy atom. The molecule has 2 aromatic heterocycles. The van der Waals surface area contributed by atoms with E-state index in [-0.39, 0.29) is 11.6 Å². The monoisotopic (exact) mass is 253 g/mol. The summed E-state index contributed by atoms with van der Waals surface area (Å²) in [6, 6.07) is 2.56. The maximum Gasteiger partial charge on any atom is 0.168 e. The van der Waals surface area contributed by atoms with Crippen LogP contribution in [0, 0.1) is 11.6 Å². The number of furan rings is 1. The maximum absolute atomic E-state index is 13.5. The zero-order chi connectivity index (χ0) is 13.0. The van der Waals surface area contributed by atoms with E-state index in [2.05, 4.69) is 15.6 Å². The second-order valence-corrected chi connectivity index (χ2v) is 3.66. The minimum Gasteiger partial charge on any atom is -0.472 e. The number of hydrogen-bond donors (Lipinski definition) is 2. The summed E-state index contributed by atoms with van der Waals surface area (Å²) in [4.78, 5) is 3.86. The van der Waals surface area contributed by atoms with Crippen molar-refractivity contribution in [2.24, 2.45) is 0 Å².